The topological polar surface area (TPSA) is 17.1 Å². The summed E-state index contributed by atoms with van der Waals surface area (Å²) in [4.78, 5) is 12.2. The molecule has 0 aromatic heterocycles. The number of Topliss-reactive ketones (excluding diaryl/α,β-unsaturated/α-hetero) is 1. The van der Waals surface area contributed by atoms with Gasteiger partial charge in [0.15, 0.2) is 5.78 Å². The van der Waals surface area contributed by atoms with Gasteiger partial charge in [0.1, 0.15) is 0 Å². The summed E-state index contributed by atoms with van der Waals surface area (Å²) in [5.41, 5.74) is 3.23. The molecular formula is C20H26O. The van der Waals surface area contributed by atoms with E-state index in [1.807, 2.05) is 0 Å². The van der Waals surface area contributed by atoms with E-state index < -0.39 is 0 Å². The highest BCUT2D eigenvalue weighted by Crippen LogP contribution is 2.39. The first-order valence-electron chi connectivity index (χ1n) is 7.61. The molecule has 0 atom stereocenters. The number of rotatable bonds is 1. The van der Waals surface area contributed by atoms with Crippen LogP contribution in [0.2, 0.25) is 0 Å². The van der Waals surface area contributed by atoms with Gasteiger partial charge < -0.3 is 0 Å². The molecule has 0 bridgehead atoms. The van der Waals surface area contributed by atoms with Crippen LogP contribution in [0, 0.1) is 0 Å². The maximum atomic E-state index is 12.2. The Morgan fingerprint density at radius 2 is 1.38 bits per heavy atom. The van der Waals surface area contributed by atoms with Crippen LogP contribution in [0.3, 0.4) is 0 Å². The van der Waals surface area contributed by atoms with Gasteiger partial charge in [-0.1, -0.05) is 65.8 Å². The van der Waals surface area contributed by atoms with E-state index >= 15 is 0 Å². The van der Waals surface area contributed by atoms with E-state index in [1.54, 1.807) is 6.92 Å². The minimum Gasteiger partial charge on any atom is -0.295 e. The van der Waals surface area contributed by atoms with Gasteiger partial charge in [-0.3, -0.25) is 4.79 Å². The summed E-state index contributed by atoms with van der Waals surface area (Å²) < 4.78 is 0. The van der Waals surface area contributed by atoms with Gasteiger partial charge in [-0.05, 0) is 45.7 Å². The first kappa shape index (κ1) is 15.8. The van der Waals surface area contributed by atoms with E-state index in [1.165, 1.54) is 21.9 Å². The number of hydrogen-bond acceptors (Lipinski definition) is 1. The zero-order valence-electron chi connectivity index (χ0n) is 14.3. The van der Waals surface area contributed by atoms with Crippen molar-refractivity contribution in [3.8, 4) is 0 Å². The van der Waals surface area contributed by atoms with Crippen molar-refractivity contribution in [1.29, 1.82) is 0 Å². The lowest BCUT2D eigenvalue weighted by Crippen LogP contribution is -2.20. The monoisotopic (exact) mass is 282 g/mol. The minimum absolute atomic E-state index is 0.0141. The molecular weight excluding hydrogens is 256 g/mol. The highest BCUT2D eigenvalue weighted by atomic mass is 16.1. The van der Waals surface area contributed by atoms with Crippen LogP contribution in [0.4, 0.5) is 0 Å². The maximum Gasteiger partial charge on any atom is 0.160 e. The zero-order valence-corrected chi connectivity index (χ0v) is 14.3. The molecule has 0 spiro atoms. The largest absolute Gasteiger partial charge is 0.295 e. The predicted molar refractivity (Wildman–Crippen MR) is 91.4 cm³/mol. The summed E-state index contributed by atoms with van der Waals surface area (Å²) >= 11 is 0. The second-order valence-corrected chi connectivity index (χ2v) is 7.95. The van der Waals surface area contributed by atoms with Gasteiger partial charge in [-0.25, -0.2) is 0 Å². The Labute approximate surface area is 128 Å². The van der Waals surface area contributed by atoms with Gasteiger partial charge in [0, 0.05) is 5.56 Å². The lowest BCUT2D eigenvalue weighted by atomic mass is 9.75. The van der Waals surface area contributed by atoms with Crippen LogP contribution in [0.25, 0.3) is 10.8 Å². The summed E-state index contributed by atoms with van der Waals surface area (Å²) in [5.74, 6) is 0.149. The van der Waals surface area contributed by atoms with E-state index in [9.17, 15) is 4.79 Å². The SMILES string of the molecule is CC(=O)c1cc(C(C)(C)C)c2ccccc2c1C(C)(C)C. The molecule has 0 aliphatic rings. The molecule has 1 nitrogen and oxygen atoms in total. The molecule has 0 fully saturated rings. The van der Waals surface area contributed by atoms with Crippen molar-refractivity contribution >= 4 is 16.6 Å². The number of carbonyl (C=O) groups is 1. The van der Waals surface area contributed by atoms with Crippen molar-refractivity contribution in [1.82, 2.24) is 0 Å². The van der Waals surface area contributed by atoms with E-state index in [0.717, 1.165) is 5.56 Å². The number of fused-ring (bicyclic) bond motifs is 1. The van der Waals surface area contributed by atoms with Crippen LogP contribution >= 0.6 is 0 Å². The third-order valence-corrected chi connectivity index (χ3v) is 3.98. The smallest absolute Gasteiger partial charge is 0.160 e. The molecule has 1 heteroatoms. The lowest BCUT2D eigenvalue weighted by Gasteiger charge is -2.29. The summed E-state index contributed by atoms with van der Waals surface area (Å²) in [7, 11) is 0. The molecule has 0 unspecified atom stereocenters. The zero-order chi connectivity index (χ0) is 16.0. The lowest BCUT2D eigenvalue weighted by molar-refractivity contribution is 0.101. The normalized spacial score (nSPS) is 12.7. The van der Waals surface area contributed by atoms with Gasteiger partial charge >= 0.3 is 0 Å². The number of hydrogen-bond donors (Lipinski definition) is 0. The Balaban J connectivity index is 3.03. The highest BCUT2D eigenvalue weighted by molar-refractivity contribution is 6.03. The molecule has 0 heterocycles. The average molecular weight is 282 g/mol. The Morgan fingerprint density at radius 1 is 0.857 bits per heavy atom. The van der Waals surface area contributed by atoms with Crippen molar-refractivity contribution in [2.24, 2.45) is 0 Å². The summed E-state index contributed by atoms with van der Waals surface area (Å²) in [6.45, 7) is 14.8. The molecule has 2 aromatic carbocycles. The fourth-order valence-electron chi connectivity index (χ4n) is 3.08. The molecule has 21 heavy (non-hydrogen) atoms. The third kappa shape index (κ3) is 2.88. The second kappa shape index (κ2) is 4.98. The van der Waals surface area contributed by atoms with Crippen molar-refractivity contribution in [3.05, 3.63) is 47.0 Å². The van der Waals surface area contributed by atoms with Gasteiger partial charge in [0.2, 0.25) is 0 Å². The van der Waals surface area contributed by atoms with Crippen molar-refractivity contribution in [3.63, 3.8) is 0 Å². The molecule has 0 saturated heterocycles. The van der Waals surface area contributed by atoms with Crippen LogP contribution in [-0.2, 0) is 10.8 Å². The van der Waals surface area contributed by atoms with Crippen LogP contribution in [0.1, 0.15) is 70.0 Å². The van der Waals surface area contributed by atoms with Crippen LogP contribution in [0.15, 0.2) is 30.3 Å². The Hall–Kier alpha value is -1.63. The Morgan fingerprint density at radius 3 is 1.81 bits per heavy atom. The van der Waals surface area contributed by atoms with Crippen molar-refractivity contribution in [2.75, 3.05) is 0 Å². The minimum atomic E-state index is -0.0585. The van der Waals surface area contributed by atoms with Crippen LogP contribution in [0.5, 0.6) is 0 Å². The average Bonchev–Trinajstić information content (AvgIpc) is 2.34. The number of ketones is 1. The van der Waals surface area contributed by atoms with Crippen LogP contribution < -0.4 is 0 Å². The second-order valence-electron chi connectivity index (χ2n) is 7.95. The van der Waals surface area contributed by atoms with E-state index in [-0.39, 0.29) is 16.6 Å². The van der Waals surface area contributed by atoms with E-state index in [2.05, 4.69) is 71.9 Å². The van der Waals surface area contributed by atoms with Crippen molar-refractivity contribution in [2.45, 2.75) is 59.3 Å². The fraction of sp³-hybridized carbons (Fsp3) is 0.450. The van der Waals surface area contributed by atoms with Crippen LogP contribution in [-0.4, -0.2) is 5.78 Å². The molecule has 0 aliphatic carbocycles. The first-order chi connectivity index (χ1) is 9.53. The molecule has 0 amide bonds. The summed E-state index contributed by atoms with van der Waals surface area (Å²) in [5, 5.41) is 2.47. The van der Waals surface area contributed by atoms with Gasteiger partial charge in [-0.15, -0.1) is 0 Å². The molecule has 2 aromatic rings. The summed E-state index contributed by atoms with van der Waals surface area (Å²) in [6, 6.07) is 10.6. The van der Waals surface area contributed by atoms with E-state index in [4.69, 9.17) is 0 Å². The molecule has 2 rings (SSSR count). The molecule has 0 aliphatic heterocycles. The Kier molecular flexibility index (Phi) is 3.73. The maximum absolute atomic E-state index is 12.2. The number of carbonyl (C=O) groups excluding carboxylic acids is 1. The molecule has 0 saturated carbocycles. The number of benzene rings is 2. The summed E-state index contributed by atoms with van der Waals surface area (Å²) in [6.07, 6.45) is 0. The highest BCUT2D eigenvalue weighted by Gasteiger charge is 2.27. The molecule has 112 valence electrons. The van der Waals surface area contributed by atoms with Crippen molar-refractivity contribution < 1.29 is 4.79 Å². The third-order valence-electron chi connectivity index (χ3n) is 3.98. The fourth-order valence-corrected chi connectivity index (χ4v) is 3.08. The standard InChI is InChI=1S/C20H26O/c1-13(21)16-12-17(19(2,3)4)14-10-8-9-11-15(14)18(16)20(5,6)7/h8-12H,1-7H3. The predicted octanol–water partition coefficient (Wildman–Crippen LogP) is 5.64. The van der Waals surface area contributed by atoms with Gasteiger partial charge in [-0.2, -0.15) is 0 Å². The van der Waals surface area contributed by atoms with E-state index in [0.29, 0.717) is 0 Å². The quantitative estimate of drug-likeness (QED) is 0.619. The Bertz CT molecular complexity index is 694. The van der Waals surface area contributed by atoms with Gasteiger partial charge in [0.25, 0.3) is 0 Å². The molecule has 0 radical (unpaired) electrons. The van der Waals surface area contributed by atoms with Gasteiger partial charge in [0.05, 0.1) is 0 Å². The first-order valence-corrected chi connectivity index (χ1v) is 7.61. The molecule has 0 N–H and O–H groups in total.